The molecular weight excluding hydrogens is 184 g/mol. The molecule has 1 fully saturated rings. The maximum absolute atomic E-state index is 11.5. The third kappa shape index (κ3) is 2.52. The molecule has 0 aromatic rings. The zero-order valence-corrected chi connectivity index (χ0v) is 8.49. The Morgan fingerprint density at radius 2 is 2.29 bits per heavy atom. The highest BCUT2D eigenvalue weighted by Crippen LogP contribution is 2.11. The molecule has 0 spiro atoms. The summed E-state index contributed by atoms with van der Waals surface area (Å²) >= 11 is 0. The largest absolute Gasteiger partial charge is 0.392 e. The van der Waals surface area contributed by atoms with Gasteiger partial charge in [-0.25, -0.2) is 0 Å². The van der Waals surface area contributed by atoms with Gasteiger partial charge in [0.1, 0.15) is 0 Å². The molecule has 1 aliphatic heterocycles. The summed E-state index contributed by atoms with van der Waals surface area (Å²) in [6, 6.07) is -0.327. The van der Waals surface area contributed by atoms with Crippen molar-refractivity contribution < 1.29 is 14.7 Å². The number of rotatable bonds is 3. The Kier molecular flexibility index (Phi) is 3.60. The molecule has 2 unspecified atom stereocenters. The van der Waals surface area contributed by atoms with E-state index in [4.69, 9.17) is 5.11 Å². The lowest BCUT2D eigenvalue weighted by Crippen LogP contribution is -2.52. The maximum atomic E-state index is 11.5. The van der Waals surface area contributed by atoms with Crippen molar-refractivity contribution in [3.05, 3.63) is 0 Å². The predicted molar refractivity (Wildman–Crippen MR) is 50.5 cm³/mol. The second-order valence-electron chi connectivity index (χ2n) is 3.64. The van der Waals surface area contributed by atoms with E-state index < -0.39 is 6.10 Å². The number of nitrogens with one attached hydrogen (secondary N) is 1. The van der Waals surface area contributed by atoms with Crippen molar-refractivity contribution >= 4 is 11.8 Å². The van der Waals surface area contributed by atoms with Crippen LogP contribution in [0.4, 0.5) is 0 Å². The number of hydrogen-bond acceptors (Lipinski definition) is 4. The molecule has 0 bridgehead atoms. The normalized spacial score (nSPS) is 25.4. The Hall–Kier alpha value is -0.940. The van der Waals surface area contributed by atoms with Gasteiger partial charge in [-0.2, -0.15) is 0 Å². The fraction of sp³-hybridized carbons (Fsp3) is 0.778. The van der Waals surface area contributed by atoms with Crippen molar-refractivity contribution in [2.75, 3.05) is 13.6 Å². The molecule has 1 heterocycles. The minimum atomic E-state index is -0.481. The molecule has 1 aliphatic rings. The monoisotopic (exact) mass is 200 g/mol. The summed E-state index contributed by atoms with van der Waals surface area (Å²) in [4.78, 5) is 23.8. The first kappa shape index (κ1) is 11.1. The summed E-state index contributed by atoms with van der Waals surface area (Å²) in [5.41, 5.74) is 0. The number of likely N-dealkylation sites (N-methyl/N-ethyl adjacent to an activating group) is 1. The molecule has 1 rings (SSSR count). The highest BCUT2D eigenvalue weighted by molar-refractivity contribution is 6.00. The highest BCUT2D eigenvalue weighted by Gasteiger charge is 2.31. The second kappa shape index (κ2) is 4.52. The first-order valence-corrected chi connectivity index (χ1v) is 4.74. The number of amides is 2. The van der Waals surface area contributed by atoms with Gasteiger partial charge in [0.05, 0.1) is 12.1 Å². The fourth-order valence-corrected chi connectivity index (χ4v) is 1.42. The molecule has 0 radical (unpaired) electrons. The Balaban J connectivity index is 2.47. The second-order valence-corrected chi connectivity index (χ2v) is 3.64. The third-order valence-electron chi connectivity index (χ3n) is 2.31. The van der Waals surface area contributed by atoms with Gasteiger partial charge in [-0.05, 0) is 13.3 Å². The van der Waals surface area contributed by atoms with Crippen LogP contribution in [0.3, 0.4) is 0 Å². The van der Waals surface area contributed by atoms with Gasteiger partial charge in [-0.3, -0.25) is 14.5 Å². The molecule has 14 heavy (non-hydrogen) atoms. The van der Waals surface area contributed by atoms with Gasteiger partial charge < -0.3 is 10.4 Å². The van der Waals surface area contributed by atoms with Crippen LogP contribution in [-0.2, 0) is 9.59 Å². The van der Waals surface area contributed by atoms with Crippen LogP contribution in [0.15, 0.2) is 0 Å². The first-order valence-electron chi connectivity index (χ1n) is 4.74. The summed E-state index contributed by atoms with van der Waals surface area (Å²) in [6.07, 6.45) is 0.430. The van der Waals surface area contributed by atoms with Crippen LogP contribution in [0.2, 0.25) is 0 Å². The number of aliphatic hydroxyl groups excluding tert-OH is 1. The molecule has 5 heteroatoms. The molecule has 5 nitrogen and oxygen atoms in total. The van der Waals surface area contributed by atoms with E-state index in [2.05, 4.69) is 5.32 Å². The number of carbonyl (C=O) groups excluding carboxylic acids is 2. The van der Waals surface area contributed by atoms with E-state index in [9.17, 15) is 9.59 Å². The van der Waals surface area contributed by atoms with E-state index in [-0.39, 0.29) is 17.9 Å². The van der Waals surface area contributed by atoms with Crippen molar-refractivity contribution in [1.82, 2.24) is 10.2 Å². The topological polar surface area (TPSA) is 69.6 Å². The number of imide groups is 1. The number of piperidine rings is 1. The number of nitrogens with zero attached hydrogens (tertiary/aromatic N) is 1. The number of carbonyl (C=O) groups is 2. The van der Waals surface area contributed by atoms with Gasteiger partial charge in [0.25, 0.3) is 0 Å². The van der Waals surface area contributed by atoms with Crippen LogP contribution in [0, 0.1) is 0 Å². The molecule has 0 aliphatic carbocycles. The first-order chi connectivity index (χ1) is 6.52. The van der Waals surface area contributed by atoms with Gasteiger partial charge in [-0.1, -0.05) is 0 Å². The van der Waals surface area contributed by atoms with Crippen molar-refractivity contribution in [2.45, 2.75) is 31.9 Å². The van der Waals surface area contributed by atoms with E-state index in [1.165, 1.54) is 7.05 Å². The zero-order valence-electron chi connectivity index (χ0n) is 8.49. The molecule has 0 aromatic heterocycles. The molecule has 2 amide bonds. The fourth-order valence-electron chi connectivity index (χ4n) is 1.42. The minimum absolute atomic E-state index is 0.134. The summed E-state index contributed by atoms with van der Waals surface area (Å²) in [5.74, 6) is -0.341. The lowest BCUT2D eigenvalue weighted by atomic mass is 10.0. The van der Waals surface area contributed by atoms with Gasteiger partial charge in [0, 0.05) is 20.0 Å². The molecule has 1 saturated heterocycles. The Bertz CT molecular complexity index is 240. The molecular formula is C9H16N2O3. The van der Waals surface area contributed by atoms with Crippen molar-refractivity contribution in [3.8, 4) is 0 Å². The molecule has 0 aromatic carbocycles. The standard InChI is InChI=1S/C9H16N2O3/c1-6(12)5-10-7-3-4-8(13)11(2)9(7)14/h6-7,10,12H,3-5H2,1-2H3. The van der Waals surface area contributed by atoms with E-state index in [1.54, 1.807) is 6.92 Å². The predicted octanol–water partition coefficient (Wildman–Crippen LogP) is -0.896. The smallest absolute Gasteiger partial charge is 0.246 e. The van der Waals surface area contributed by atoms with E-state index in [0.717, 1.165) is 4.90 Å². The Morgan fingerprint density at radius 1 is 1.64 bits per heavy atom. The van der Waals surface area contributed by atoms with Crippen molar-refractivity contribution in [2.24, 2.45) is 0 Å². The summed E-state index contributed by atoms with van der Waals surface area (Å²) in [5, 5.41) is 12.0. The van der Waals surface area contributed by atoms with Crippen LogP contribution in [-0.4, -0.2) is 47.6 Å². The lowest BCUT2D eigenvalue weighted by molar-refractivity contribution is -0.148. The Morgan fingerprint density at radius 3 is 2.86 bits per heavy atom. The number of likely N-dealkylation sites (tertiary alicyclic amines) is 1. The van der Waals surface area contributed by atoms with Crippen LogP contribution < -0.4 is 5.32 Å². The summed E-state index contributed by atoms with van der Waals surface area (Å²) in [6.45, 7) is 2.02. The Labute approximate surface area is 83.1 Å². The van der Waals surface area contributed by atoms with Crippen LogP contribution in [0.25, 0.3) is 0 Å². The van der Waals surface area contributed by atoms with Gasteiger partial charge >= 0.3 is 0 Å². The van der Waals surface area contributed by atoms with E-state index in [1.807, 2.05) is 0 Å². The lowest BCUT2D eigenvalue weighted by Gasteiger charge is -2.28. The van der Waals surface area contributed by atoms with Gasteiger partial charge in [-0.15, -0.1) is 0 Å². The average molecular weight is 200 g/mol. The van der Waals surface area contributed by atoms with Crippen LogP contribution in [0.1, 0.15) is 19.8 Å². The summed E-state index contributed by atoms with van der Waals surface area (Å²) in [7, 11) is 1.49. The third-order valence-corrected chi connectivity index (χ3v) is 2.31. The van der Waals surface area contributed by atoms with Gasteiger partial charge in [0.2, 0.25) is 11.8 Å². The quantitative estimate of drug-likeness (QED) is 0.579. The summed E-state index contributed by atoms with van der Waals surface area (Å²) < 4.78 is 0. The zero-order chi connectivity index (χ0) is 10.7. The molecule has 2 N–H and O–H groups in total. The van der Waals surface area contributed by atoms with E-state index in [0.29, 0.717) is 19.4 Å². The molecule has 2 atom stereocenters. The average Bonchev–Trinajstić information content (AvgIpc) is 2.13. The van der Waals surface area contributed by atoms with Crippen LogP contribution >= 0.6 is 0 Å². The molecule has 0 saturated carbocycles. The van der Waals surface area contributed by atoms with Gasteiger partial charge in [0.15, 0.2) is 0 Å². The molecule has 80 valence electrons. The van der Waals surface area contributed by atoms with Crippen LogP contribution in [0.5, 0.6) is 0 Å². The number of aliphatic hydroxyl groups is 1. The van der Waals surface area contributed by atoms with Crippen molar-refractivity contribution in [3.63, 3.8) is 0 Å². The van der Waals surface area contributed by atoms with Crippen molar-refractivity contribution in [1.29, 1.82) is 0 Å². The van der Waals surface area contributed by atoms with E-state index >= 15 is 0 Å². The maximum Gasteiger partial charge on any atom is 0.246 e. The SMILES string of the molecule is CC(O)CNC1CCC(=O)N(C)C1=O. The highest BCUT2D eigenvalue weighted by atomic mass is 16.3. The minimum Gasteiger partial charge on any atom is -0.392 e. The number of hydrogen-bond donors (Lipinski definition) is 2.